The number of β-amino-alcohol motifs (C(OH)–C–C–N with tert-alkyl or cyclic N) is 1. The molecule has 0 radical (unpaired) electrons. The maximum absolute atomic E-state index is 12.9. The standard InChI is InChI=1S/C17H23N3O4S/c1-24-11-9-20-16(22)14(13-3-2-12-25-13)15(17(20)23)19-6-4-18(5-7-19)8-10-21/h2-3,12,21H,4-11H2,1H3. The third-order valence-corrected chi connectivity index (χ3v) is 5.42. The zero-order valence-corrected chi connectivity index (χ0v) is 15.1. The molecule has 0 atom stereocenters. The van der Waals surface area contributed by atoms with E-state index in [1.165, 1.54) is 16.2 Å². The molecular formula is C17H23N3O4S. The Morgan fingerprint density at radius 3 is 2.52 bits per heavy atom. The van der Waals surface area contributed by atoms with Crippen LogP contribution in [0, 0.1) is 0 Å². The van der Waals surface area contributed by atoms with Gasteiger partial charge >= 0.3 is 0 Å². The van der Waals surface area contributed by atoms with E-state index >= 15 is 0 Å². The molecule has 1 fully saturated rings. The quantitative estimate of drug-likeness (QED) is 0.690. The number of nitrogens with zero attached hydrogens (tertiary/aromatic N) is 3. The second kappa shape index (κ2) is 8.09. The van der Waals surface area contributed by atoms with Crippen LogP contribution in [0.2, 0.25) is 0 Å². The third kappa shape index (κ3) is 3.62. The lowest BCUT2D eigenvalue weighted by Crippen LogP contribution is -2.48. The van der Waals surface area contributed by atoms with Gasteiger partial charge in [0.25, 0.3) is 11.8 Å². The summed E-state index contributed by atoms with van der Waals surface area (Å²) in [5.74, 6) is -0.474. The molecule has 2 aliphatic heterocycles. The number of hydrogen-bond acceptors (Lipinski definition) is 7. The summed E-state index contributed by atoms with van der Waals surface area (Å²) in [4.78, 5) is 32.1. The number of ether oxygens (including phenoxy) is 1. The van der Waals surface area contributed by atoms with Gasteiger partial charge in [-0.25, -0.2) is 0 Å². The van der Waals surface area contributed by atoms with Crippen LogP contribution in [-0.2, 0) is 14.3 Å². The number of carbonyl (C=O) groups is 2. The maximum Gasteiger partial charge on any atom is 0.277 e. The summed E-state index contributed by atoms with van der Waals surface area (Å²) in [6.45, 7) is 4.22. The Labute approximate surface area is 151 Å². The topological polar surface area (TPSA) is 73.3 Å². The Bertz CT molecular complexity index is 651. The normalized spacial score (nSPS) is 19.4. The molecule has 2 amide bonds. The molecule has 2 aliphatic rings. The summed E-state index contributed by atoms with van der Waals surface area (Å²) in [5, 5.41) is 11.0. The highest BCUT2D eigenvalue weighted by Gasteiger charge is 2.42. The smallest absolute Gasteiger partial charge is 0.277 e. The van der Waals surface area contributed by atoms with E-state index in [2.05, 4.69) is 4.90 Å². The zero-order valence-electron chi connectivity index (χ0n) is 14.3. The monoisotopic (exact) mass is 365 g/mol. The maximum atomic E-state index is 12.9. The summed E-state index contributed by atoms with van der Waals surface area (Å²) in [6.07, 6.45) is 0. The van der Waals surface area contributed by atoms with Gasteiger partial charge in [0.15, 0.2) is 0 Å². The predicted octanol–water partition coefficient (Wildman–Crippen LogP) is 0.0843. The molecule has 0 saturated carbocycles. The summed E-state index contributed by atoms with van der Waals surface area (Å²) < 4.78 is 5.04. The van der Waals surface area contributed by atoms with Crippen LogP contribution in [0.5, 0.6) is 0 Å². The number of hydrogen-bond donors (Lipinski definition) is 1. The van der Waals surface area contributed by atoms with E-state index in [0.29, 0.717) is 37.5 Å². The summed E-state index contributed by atoms with van der Waals surface area (Å²) in [5.41, 5.74) is 1.01. The molecule has 0 spiro atoms. The zero-order chi connectivity index (χ0) is 17.8. The SMILES string of the molecule is COCCN1C(=O)C(c2cccs2)=C(N2CCN(CCO)CC2)C1=O. The van der Waals surface area contributed by atoms with Crippen molar-refractivity contribution in [1.29, 1.82) is 0 Å². The van der Waals surface area contributed by atoms with Crippen molar-refractivity contribution < 1.29 is 19.4 Å². The number of aliphatic hydroxyl groups excluding tert-OH is 1. The van der Waals surface area contributed by atoms with Crippen molar-refractivity contribution in [3.05, 3.63) is 28.1 Å². The van der Waals surface area contributed by atoms with E-state index in [4.69, 9.17) is 9.84 Å². The van der Waals surface area contributed by atoms with Crippen molar-refractivity contribution >= 4 is 28.7 Å². The highest BCUT2D eigenvalue weighted by atomic mass is 32.1. The molecule has 0 unspecified atom stereocenters. The van der Waals surface area contributed by atoms with Crippen molar-refractivity contribution in [3.63, 3.8) is 0 Å². The Balaban J connectivity index is 1.87. The number of aliphatic hydroxyl groups is 1. The van der Waals surface area contributed by atoms with Gasteiger partial charge < -0.3 is 14.7 Å². The molecule has 7 nitrogen and oxygen atoms in total. The molecule has 8 heteroatoms. The van der Waals surface area contributed by atoms with Crippen LogP contribution in [0.4, 0.5) is 0 Å². The van der Waals surface area contributed by atoms with E-state index < -0.39 is 0 Å². The fraction of sp³-hybridized carbons (Fsp3) is 0.529. The number of methoxy groups -OCH3 is 1. The fourth-order valence-electron chi connectivity index (χ4n) is 3.22. The fourth-order valence-corrected chi connectivity index (χ4v) is 3.98. The second-order valence-corrected chi connectivity index (χ2v) is 6.96. The summed E-state index contributed by atoms with van der Waals surface area (Å²) >= 11 is 1.47. The minimum absolute atomic E-state index is 0.130. The first-order valence-corrected chi connectivity index (χ1v) is 9.26. The molecule has 25 heavy (non-hydrogen) atoms. The minimum Gasteiger partial charge on any atom is -0.395 e. The van der Waals surface area contributed by atoms with Crippen LogP contribution in [0.25, 0.3) is 5.57 Å². The second-order valence-electron chi connectivity index (χ2n) is 6.01. The van der Waals surface area contributed by atoms with E-state index in [1.54, 1.807) is 7.11 Å². The van der Waals surface area contributed by atoms with Gasteiger partial charge in [-0.2, -0.15) is 0 Å². The number of imide groups is 1. The van der Waals surface area contributed by atoms with Gasteiger partial charge in [-0.05, 0) is 11.4 Å². The van der Waals surface area contributed by atoms with Crippen LogP contribution < -0.4 is 0 Å². The Hall–Kier alpha value is -1.74. The first-order valence-electron chi connectivity index (χ1n) is 8.38. The highest BCUT2D eigenvalue weighted by Crippen LogP contribution is 2.34. The lowest BCUT2D eigenvalue weighted by Gasteiger charge is -2.36. The van der Waals surface area contributed by atoms with Gasteiger partial charge in [0, 0.05) is 44.7 Å². The van der Waals surface area contributed by atoms with Crippen molar-refractivity contribution in [2.45, 2.75) is 0 Å². The van der Waals surface area contributed by atoms with E-state index in [1.807, 2.05) is 22.4 Å². The number of piperazine rings is 1. The average Bonchev–Trinajstić information content (AvgIpc) is 3.22. The van der Waals surface area contributed by atoms with E-state index in [-0.39, 0.29) is 25.0 Å². The number of amides is 2. The van der Waals surface area contributed by atoms with Crippen LogP contribution in [0.15, 0.2) is 23.2 Å². The van der Waals surface area contributed by atoms with Crippen LogP contribution in [0.3, 0.4) is 0 Å². The lowest BCUT2D eigenvalue weighted by atomic mass is 10.1. The predicted molar refractivity (Wildman–Crippen MR) is 94.9 cm³/mol. The molecule has 136 valence electrons. The van der Waals surface area contributed by atoms with Gasteiger partial charge in [0.1, 0.15) is 5.70 Å². The van der Waals surface area contributed by atoms with Gasteiger partial charge in [-0.3, -0.25) is 19.4 Å². The molecule has 1 aromatic heterocycles. The molecule has 3 heterocycles. The van der Waals surface area contributed by atoms with E-state index in [0.717, 1.165) is 18.0 Å². The van der Waals surface area contributed by atoms with Gasteiger partial charge in [-0.1, -0.05) is 6.07 Å². The first-order chi connectivity index (χ1) is 12.2. The highest BCUT2D eigenvalue weighted by molar-refractivity contribution is 7.11. The minimum atomic E-state index is -0.239. The van der Waals surface area contributed by atoms with Gasteiger partial charge in [0.05, 0.1) is 25.3 Å². The molecule has 0 aliphatic carbocycles. The molecule has 1 aromatic rings. The molecule has 0 aromatic carbocycles. The number of carbonyl (C=O) groups excluding carboxylic acids is 2. The Morgan fingerprint density at radius 1 is 1.16 bits per heavy atom. The van der Waals surface area contributed by atoms with E-state index in [9.17, 15) is 9.59 Å². The van der Waals surface area contributed by atoms with Crippen molar-refractivity contribution in [3.8, 4) is 0 Å². The molecule has 0 bridgehead atoms. The summed E-state index contributed by atoms with van der Waals surface area (Å²) in [7, 11) is 1.56. The number of thiophene rings is 1. The Morgan fingerprint density at radius 2 is 1.92 bits per heavy atom. The van der Waals surface area contributed by atoms with Crippen molar-refractivity contribution in [2.75, 3.05) is 59.6 Å². The lowest BCUT2D eigenvalue weighted by molar-refractivity contribution is -0.138. The van der Waals surface area contributed by atoms with Crippen LogP contribution >= 0.6 is 11.3 Å². The third-order valence-electron chi connectivity index (χ3n) is 4.53. The first kappa shape index (κ1) is 18.1. The molecule has 1 N–H and O–H groups in total. The van der Waals surface area contributed by atoms with Crippen LogP contribution in [0.1, 0.15) is 4.88 Å². The molecular weight excluding hydrogens is 342 g/mol. The number of rotatable bonds is 7. The largest absolute Gasteiger partial charge is 0.395 e. The van der Waals surface area contributed by atoms with Gasteiger partial charge in [0.2, 0.25) is 0 Å². The molecule has 3 rings (SSSR count). The molecule has 1 saturated heterocycles. The average molecular weight is 365 g/mol. The van der Waals surface area contributed by atoms with Crippen LogP contribution in [-0.4, -0.2) is 91.2 Å². The van der Waals surface area contributed by atoms with Crippen molar-refractivity contribution in [2.24, 2.45) is 0 Å². The Kier molecular flexibility index (Phi) is 5.85. The summed E-state index contributed by atoms with van der Waals surface area (Å²) in [6, 6.07) is 3.77. The van der Waals surface area contributed by atoms with Crippen molar-refractivity contribution in [1.82, 2.24) is 14.7 Å². The van der Waals surface area contributed by atoms with Gasteiger partial charge in [-0.15, -0.1) is 11.3 Å².